The summed E-state index contributed by atoms with van der Waals surface area (Å²) in [5, 5.41) is 0. The standard InChI is InChI=1S/C16H20N2O2/c1-13(2)15(19)17-9-6-10-18(12-11-17)16(20)14-7-4-3-5-8-14/h3-5,7-8H,1,6,9-12H2,2H3. The second kappa shape index (κ2) is 6.37. The molecule has 0 bridgehead atoms. The largest absolute Gasteiger partial charge is 0.337 e. The van der Waals surface area contributed by atoms with Gasteiger partial charge in [-0.1, -0.05) is 24.8 Å². The van der Waals surface area contributed by atoms with Crippen LogP contribution in [0.15, 0.2) is 42.5 Å². The van der Waals surface area contributed by atoms with Crippen LogP contribution in [0.3, 0.4) is 0 Å². The van der Waals surface area contributed by atoms with Gasteiger partial charge in [-0.15, -0.1) is 0 Å². The summed E-state index contributed by atoms with van der Waals surface area (Å²) in [4.78, 5) is 27.9. The molecule has 1 saturated heterocycles. The summed E-state index contributed by atoms with van der Waals surface area (Å²) < 4.78 is 0. The first-order valence-corrected chi connectivity index (χ1v) is 6.88. The van der Waals surface area contributed by atoms with Gasteiger partial charge in [-0.3, -0.25) is 9.59 Å². The van der Waals surface area contributed by atoms with Crippen molar-refractivity contribution in [3.63, 3.8) is 0 Å². The molecule has 0 spiro atoms. The number of nitrogens with zero attached hydrogens (tertiary/aromatic N) is 2. The van der Waals surface area contributed by atoms with Crippen molar-refractivity contribution in [1.29, 1.82) is 0 Å². The molecule has 106 valence electrons. The van der Waals surface area contributed by atoms with Gasteiger partial charge < -0.3 is 9.80 Å². The van der Waals surface area contributed by atoms with Crippen molar-refractivity contribution in [2.24, 2.45) is 0 Å². The molecule has 1 aromatic carbocycles. The molecule has 0 N–H and O–H groups in total. The van der Waals surface area contributed by atoms with Gasteiger partial charge >= 0.3 is 0 Å². The molecule has 4 nitrogen and oxygen atoms in total. The summed E-state index contributed by atoms with van der Waals surface area (Å²) in [6.07, 6.45) is 0.803. The maximum absolute atomic E-state index is 12.4. The Morgan fingerprint density at radius 2 is 1.60 bits per heavy atom. The number of carbonyl (C=O) groups excluding carboxylic acids is 2. The average molecular weight is 272 g/mol. The lowest BCUT2D eigenvalue weighted by molar-refractivity contribution is -0.126. The first kappa shape index (κ1) is 14.3. The van der Waals surface area contributed by atoms with Gasteiger partial charge in [0.1, 0.15) is 0 Å². The maximum Gasteiger partial charge on any atom is 0.253 e. The van der Waals surface area contributed by atoms with E-state index in [4.69, 9.17) is 0 Å². The van der Waals surface area contributed by atoms with E-state index >= 15 is 0 Å². The molecular formula is C16H20N2O2. The van der Waals surface area contributed by atoms with Crippen LogP contribution in [0, 0.1) is 0 Å². The minimum atomic E-state index is -0.0148. The Kier molecular flexibility index (Phi) is 4.56. The van der Waals surface area contributed by atoms with E-state index in [0.717, 1.165) is 6.42 Å². The van der Waals surface area contributed by atoms with Crippen LogP contribution in [0.2, 0.25) is 0 Å². The Hall–Kier alpha value is -2.10. The number of benzene rings is 1. The van der Waals surface area contributed by atoms with Crippen LogP contribution >= 0.6 is 0 Å². The summed E-state index contributed by atoms with van der Waals surface area (Å²) in [5.74, 6) is 0.0224. The molecule has 2 rings (SSSR count). The molecular weight excluding hydrogens is 252 g/mol. The van der Waals surface area contributed by atoms with E-state index in [9.17, 15) is 9.59 Å². The normalized spacial score (nSPS) is 15.7. The molecule has 2 amide bonds. The zero-order valence-corrected chi connectivity index (χ0v) is 11.8. The molecule has 0 aliphatic carbocycles. The number of hydrogen-bond donors (Lipinski definition) is 0. The Morgan fingerprint density at radius 3 is 2.25 bits per heavy atom. The molecule has 0 radical (unpaired) electrons. The van der Waals surface area contributed by atoms with E-state index < -0.39 is 0 Å². The van der Waals surface area contributed by atoms with Crippen molar-refractivity contribution in [3.05, 3.63) is 48.0 Å². The quantitative estimate of drug-likeness (QED) is 0.772. The lowest BCUT2D eigenvalue weighted by Gasteiger charge is -2.22. The fraction of sp³-hybridized carbons (Fsp3) is 0.375. The van der Waals surface area contributed by atoms with Gasteiger partial charge in [0.05, 0.1) is 0 Å². The number of rotatable bonds is 2. The second-order valence-corrected chi connectivity index (χ2v) is 5.08. The number of carbonyl (C=O) groups is 2. The summed E-state index contributed by atoms with van der Waals surface area (Å²) in [5.41, 5.74) is 1.25. The number of hydrogen-bond acceptors (Lipinski definition) is 2. The third-order valence-electron chi connectivity index (χ3n) is 3.46. The van der Waals surface area contributed by atoms with Gasteiger partial charge in [-0.25, -0.2) is 0 Å². The van der Waals surface area contributed by atoms with Gasteiger partial charge in [0.15, 0.2) is 0 Å². The van der Waals surface area contributed by atoms with E-state index in [2.05, 4.69) is 6.58 Å². The Morgan fingerprint density at radius 1 is 1.00 bits per heavy atom. The summed E-state index contributed by atoms with van der Waals surface area (Å²) in [6.45, 7) is 7.94. The minimum absolute atomic E-state index is 0.0148. The SMILES string of the molecule is C=C(C)C(=O)N1CCCN(C(=O)c2ccccc2)CC1. The molecule has 20 heavy (non-hydrogen) atoms. The predicted octanol–water partition coefficient (Wildman–Crippen LogP) is 1.94. The molecule has 0 unspecified atom stereocenters. The fourth-order valence-corrected chi connectivity index (χ4v) is 2.36. The van der Waals surface area contributed by atoms with Gasteiger partial charge in [0.25, 0.3) is 5.91 Å². The summed E-state index contributed by atoms with van der Waals surface area (Å²) >= 11 is 0. The highest BCUT2D eigenvalue weighted by atomic mass is 16.2. The predicted molar refractivity (Wildman–Crippen MR) is 78.4 cm³/mol. The van der Waals surface area contributed by atoms with Crippen LogP contribution in [-0.4, -0.2) is 47.8 Å². The highest BCUT2D eigenvalue weighted by Crippen LogP contribution is 2.10. The van der Waals surface area contributed by atoms with Crippen molar-refractivity contribution >= 4 is 11.8 Å². The highest BCUT2D eigenvalue weighted by Gasteiger charge is 2.22. The van der Waals surface area contributed by atoms with Crippen molar-refractivity contribution < 1.29 is 9.59 Å². The van der Waals surface area contributed by atoms with Crippen LogP contribution in [-0.2, 0) is 4.79 Å². The first-order chi connectivity index (χ1) is 9.59. The Balaban J connectivity index is 2.01. The van der Waals surface area contributed by atoms with Crippen LogP contribution in [0.5, 0.6) is 0 Å². The van der Waals surface area contributed by atoms with Gasteiger partial charge in [0.2, 0.25) is 5.91 Å². The highest BCUT2D eigenvalue weighted by molar-refractivity contribution is 5.94. The summed E-state index contributed by atoms with van der Waals surface area (Å²) in [7, 11) is 0. The van der Waals surface area contributed by atoms with E-state index in [1.54, 1.807) is 11.8 Å². The van der Waals surface area contributed by atoms with E-state index in [1.165, 1.54) is 0 Å². The first-order valence-electron chi connectivity index (χ1n) is 6.88. The van der Waals surface area contributed by atoms with E-state index in [1.807, 2.05) is 35.2 Å². The lowest BCUT2D eigenvalue weighted by Crippen LogP contribution is -2.37. The summed E-state index contributed by atoms with van der Waals surface area (Å²) in [6, 6.07) is 9.27. The van der Waals surface area contributed by atoms with E-state index in [0.29, 0.717) is 37.3 Å². The molecule has 0 atom stereocenters. The van der Waals surface area contributed by atoms with Gasteiger partial charge in [-0.05, 0) is 25.5 Å². The lowest BCUT2D eigenvalue weighted by atomic mass is 10.2. The molecule has 1 aliphatic rings. The molecule has 1 heterocycles. The van der Waals surface area contributed by atoms with Crippen LogP contribution in [0.25, 0.3) is 0 Å². The fourth-order valence-electron chi connectivity index (χ4n) is 2.36. The third kappa shape index (κ3) is 3.26. The molecule has 0 saturated carbocycles. The minimum Gasteiger partial charge on any atom is -0.337 e. The third-order valence-corrected chi connectivity index (χ3v) is 3.46. The monoisotopic (exact) mass is 272 g/mol. The van der Waals surface area contributed by atoms with Crippen LogP contribution < -0.4 is 0 Å². The van der Waals surface area contributed by atoms with Gasteiger partial charge in [-0.2, -0.15) is 0 Å². The van der Waals surface area contributed by atoms with Crippen molar-refractivity contribution in [3.8, 4) is 0 Å². The van der Waals surface area contributed by atoms with Crippen LogP contribution in [0.1, 0.15) is 23.7 Å². The Labute approximate surface area is 119 Å². The molecule has 1 aromatic rings. The zero-order valence-electron chi connectivity index (χ0n) is 11.8. The smallest absolute Gasteiger partial charge is 0.253 e. The van der Waals surface area contributed by atoms with Gasteiger partial charge in [0, 0.05) is 37.3 Å². The van der Waals surface area contributed by atoms with E-state index in [-0.39, 0.29) is 11.8 Å². The molecule has 1 aliphatic heterocycles. The van der Waals surface area contributed by atoms with Crippen molar-refractivity contribution in [2.45, 2.75) is 13.3 Å². The second-order valence-electron chi connectivity index (χ2n) is 5.08. The maximum atomic E-state index is 12.4. The topological polar surface area (TPSA) is 40.6 Å². The van der Waals surface area contributed by atoms with Crippen molar-refractivity contribution in [2.75, 3.05) is 26.2 Å². The average Bonchev–Trinajstić information content (AvgIpc) is 2.72. The van der Waals surface area contributed by atoms with Crippen LogP contribution in [0.4, 0.5) is 0 Å². The zero-order chi connectivity index (χ0) is 14.5. The molecule has 1 fully saturated rings. The Bertz CT molecular complexity index is 510. The van der Waals surface area contributed by atoms with Crippen molar-refractivity contribution in [1.82, 2.24) is 9.80 Å². The molecule has 4 heteroatoms. The molecule has 0 aromatic heterocycles. The number of amides is 2.